The number of rotatable bonds is 3. The van der Waals surface area contributed by atoms with Gasteiger partial charge in [-0.15, -0.1) is 0 Å². The maximum atomic E-state index is 12.5. The van der Waals surface area contributed by atoms with Crippen molar-refractivity contribution in [1.82, 2.24) is 25.1 Å². The number of aromatic nitrogens is 4. The normalized spacial score (nSPS) is 15.3. The zero-order chi connectivity index (χ0) is 19.0. The number of nitrogens with zero attached hydrogens (tertiary/aromatic N) is 5. The van der Waals surface area contributed by atoms with Crippen LogP contribution in [0.3, 0.4) is 0 Å². The van der Waals surface area contributed by atoms with Crippen molar-refractivity contribution in [1.29, 1.82) is 0 Å². The van der Waals surface area contributed by atoms with Crippen LogP contribution in [0.4, 0.5) is 5.82 Å². The zero-order valence-corrected chi connectivity index (χ0v) is 15.9. The fourth-order valence-electron chi connectivity index (χ4n) is 3.70. The molecule has 7 nitrogen and oxygen atoms in total. The van der Waals surface area contributed by atoms with Gasteiger partial charge in [-0.2, -0.15) is 5.10 Å². The van der Waals surface area contributed by atoms with E-state index in [1.807, 2.05) is 44.2 Å². The molecular formula is C20H24N6O. The van der Waals surface area contributed by atoms with Crippen molar-refractivity contribution in [2.45, 2.75) is 32.7 Å². The molecule has 1 N–H and O–H groups in total. The first kappa shape index (κ1) is 17.5. The molecule has 1 aliphatic heterocycles. The lowest BCUT2D eigenvalue weighted by atomic mass is 10.0. The number of para-hydroxylation sites is 2. The molecule has 0 bridgehead atoms. The third kappa shape index (κ3) is 3.49. The number of piperidine rings is 1. The van der Waals surface area contributed by atoms with Gasteiger partial charge in [0.15, 0.2) is 5.82 Å². The van der Waals surface area contributed by atoms with E-state index in [4.69, 9.17) is 4.98 Å². The van der Waals surface area contributed by atoms with E-state index in [1.165, 1.54) is 0 Å². The van der Waals surface area contributed by atoms with Crippen LogP contribution in [0.25, 0.3) is 11.0 Å². The van der Waals surface area contributed by atoms with E-state index >= 15 is 0 Å². The number of benzene rings is 1. The number of hydrogen-bond acceptors (Lipinski definition) is 5. The van der Waals surface area contributed by atoms with Gasteiger partial charge in [0.1, 0.15) is 5.69 Å². The Balaban J connectivity index is 1.42. The van der Waals surface area contributed by atoms with E-state index in [9.17, 15) is 4.79 Å². The van der Waals surface area contributed by atoms with E-state index in [0.717, 1.165) is 54.2 Å². The molecule has 4 rings (SSSR count). The number of anilines is 1. The van der Waals surface area contributed by atoms with Crippen molar-refractivity contribution in [3.63, 3.8) is 0 Å². The van der Waals surface area contributed by atoms with Crippen molar-refractivity contribution < 1.29 is 4.79 Å². The first-order chi connectivity index (χ1) is 13.0. The van der Waals surface area contributed by atoms with E-state index in [1.54, 1.807) is 11.7 Å². The summed E-state index contributed by atoms with van der Waals surface area (Å²) in [5, 5.41) is 7.39. The van der Waals surface area contributed by atoms with Gasteiger partial charge in [-0.1, -0.05) is 12.1 Å². The van der Waals surface area contributed by atoms with Gasteiger partial charge in [-0.3, -0.25) is 9.48 Å². The van der Waals surface area contributed by atoms with Gasteiger partial charge >= 0.3 is 0 Å². The van der Waals surface area contributed by atoms with E-state index in [2.05, 4.69) is 20.3 Å². The third-order valence-corrected chi connectivity index (χ3v) is 5.08. The first-order valence-electron chi connectivity index (χ1n) is 9.31. The molecule has 0 atom stereocenters. The summed E-state index contributed by atoms with van der Waals surface area (Å²) in [6.45, 7) is 5.60. The lowest BCUT2D eigenvalue weighted by Crippen LogP contribution is -2.45. The maximum absolute atomic E-state index is 12.5. The molecule has 0 saturated carbocycles. The molecule has 1 amide bonds. The minimum absolute atomic E-state index is 0.0572. The third-order valence-electron chi connectivity index (χ3n) is 5.08. The topological polar surface area (TPSA) is 75.9 Å². The van der Waals surface area contributed by atoms with Crippen LogP contribution in [0.1, 0.15) is 34.7 Å². The molecule has 3 aromatic rings. The molecule has 0 aliphatic carbocycles. The van der Waals surface area contributed by atoms with Gasteiger partial charge < -0.3 is 10.2 Å². The summed E-state index contributed by atoms with van der Waals surface area (Å²) < 4.78 is 1.63. The molecular weight excluding hydrogens is 340 g/mol. The minimum Gasteiger partial charge on any atom is -0.355 e. The monoisotopic (exact) mass is 364 g/mol. The summed E-state index contributed by atoms with van der Waals surface area (Å²) in [5.74, 6) is 0.888. The smallest absolute Gasteiger partial charge is 0.269 e. The number of carbonyl (C=O) groups is 1. The van der Waals surface area contributed by atoms with Crippen LogP contribution in [0.2, 0.25) is 0 Å². The lowest BCUT2D eigenvalue weighted by molar-refractivity contribution is 0.0921. The highest BCUT2D eigenvalue weighted by Crippen LogP contribution is 2.23. The average Bonchev–Trinajstić information content (AvgIpc) is 3.00. The van der Waals surface area contributed by atoms with Crippen LogP contribution < -0.4 is 10.2 Å². The first-order valence-corrected chi connectivity index (χ1v) is 9.31. The molecule has 7 heteroatoms. The Morgan fingerprint density at radius 2 is 1.78 bits per heavy atom. The molecule has 27 heavy (non-hydrogen) atoms. The van der Waals surface area contributed by atoms with Crippen molar-refractivity contribution in [3.05, 3.63) is 47.4 Å². The summed E-state index contributed by atoms with van der Waals surface area (Å²) in [5.41, 5.74) is 4.24. The standard InChI is InChI=1S/C20H24N6O/c1-13-12-18(25(3)24-13)20(27)22-15-8-10-26(11-9-15)19-14(2)21-16-6-4-5-7-17(16)23-19/h4-7,12,15H,8-11H2,1-3H3,(H,22,27). The highest BCUT2D eigenvalue weighted by molar-refractivity contribution is 5.92. The molecule has 0 unspecified atom stereocenters. The molecule has 0 spiro atoms. The van der Waals surface area contributed by atoms with Crippen molar-refractivity contribution >= 4 is 22.8 Å². The van der Waals surface area contributed by atoms with E-state index in [-0.39, 0.29) is 11.9 Å². The van der Waals surface area contributed by atoms with Crippen LogP contribution in [0, 0.1) is 13.8 Å². The quantitative estimate of drug-likeness (QED) is 0.772. The zero-order valence-electron chi connectivity index (χ0n) is 15.9. The summed E-state index contributed by atoms with van der Waals surface area (Å²) in [7, 11) is 1.80. The molecule has 0 radical (unpaired) electrons. The molecule has 140 valence electrons. The Labute approximate surface area is 158 Å². The summed E-state index contributed by atoms with van der Waals surface area (Å²) in [4.78, 5) is 24.3. The number of nitrogens with one attached hydrogen (secondary N) is 1. The van der Waals surface area contributed by atoms with E-state index in [0.29, 0.717) is 5.69 Å². The number of fused-ring (bicyclic) bond motifs is 1. The second-order valence-electron chi connectivity index (χ2n) is 7.15. The summed E-state index contributed by atoms with van der Waals surface area (Å²) in [6, 6.07) is 9.93. The van der Waals surface area contributed by atoms with Crippen LogP contribution in [-0.2, 0) is 7.05 Å². The minimum atomic E-state index is -0.0572. The van der Waals surface area contributed by atoms with Gasteiger partial charge in [-0.05, 0) is 44.9 Å². The molecule has 1 saturated heterocycles. The number of aryl methyl sites for hydroxylation is 3. The lowest BCUT2D eigenvalue weighted by Gasteiger charge is -2.33. The molecule has 3 heterocycles. The number of amides is 1. The predicted molar refractivity (Wildman–Crippen MR) is 105 cm³/mol. The van der Waals surface area contributed by atoms with Crippen molar-refractivity contribution in [2.75, 3.05) is 18.0 Å². The fraction of sp³-hybridized carbons (Fsp3) is 0.400. The van der Waals surface area contributed by atoms with Crippen molar-refractivity contribution in [3.8, 4) is 0 Å². The summed E-state index contributed by atoms with van der Waals surface area (Å²) in [6.07, 6.45) is 1.77. The Morgan fingerprint density at radius 3 is 2.41 bits per heavy atom. The highest BCUT2D eigenvalue weighted by atomic mass is 16.2. The SMILES string of the molecule is Cc1cc(C(=O)NC2CCN(c3nc4ccccc4nc3C)CC2)n(C)n1. The van der Waals surface area contributed by atoms with Gasteiger partial charge in [0.25, 0.3) is 5.91 Å². The Bertz CT molecular complexity index is 987. The maximum Gasteiger partial charge on any atom is 0.269 e. The Morgan fingerprint density at radius 1 is 1.11 bits per heavy atom. The molecule has 1 aromatic carbocycles. The predicted octanol–water partition coefficient (Wildman–Crippen LogP) is 2.38. The van der Waals surface area contributed by atoms with Gasteiger partial charge in [0.05, 0.1) is 22.4 Å². The van der Waals surface area contributed by atoms with Crippen LogP contribution in [0.15, 0.2) is 30.3 Å². The van der Waals surface area contributed by atoms with Gasteiger partial charge in [0, 0.05) is 26.2 Å². The van der Waals surface area contributed by atoms with Gasteiger partial charge in [-0.25, -0.2) is 9.97 Å². The van der Waals surface area contributed by atoms with Crippen LogP contribution >= 0.6 is 0 Å². The molecule has 2 aromatic heterocycles. The van der Waals surface area contributed by atoms with Crippen molar-refractivity contribution in [2.24, 2.45) is 7.05 Å². The number of carbonyl (C=O) groups excluding carboxylic acids is 1. The van der Waals surface area contributed by atoms with Crippen LogP contribution in [-0.4, -0.2) is 44.8 Å². The molecule has 1 aliphatic rings. The van der Waals surface area contributed by atoms with Gasteiger partial charge in [0.2, 0.25) is 0 Å². The van der Waals surface area contributed by atoms with Crippen LogP contribution in [0.5, 0.6) is 0 Å². The Kier molecular flexibility index (Phi) is 4.51. The highest BCUT2D eigenvalue weighted by Gasteiger charge is 2.24. The van der Waals surface area contributed by atoms with E-state index < -0.39 is 0 Å². The largest absolute Gasteiger partial charge is 0.355 e. The second kappa shape index (κ2) is 6.98. The Hall–Kier alpha value is -2.96. The number of hydrogen-bond donors (Lipinski definition) is 1. The fourth-order valence-corrected chi connectivity index (χ4v) is 3.70. The second-order valence-corrected chi connectivity index (χ2v) is 7.15. The molecule has 1 fully saturated rings. The average molecular weight is 364 g/mol. The summed E-state index contributed by atoms with van der Waals surface area (Å²) >= 11 is 0.